The summed E-state index contributed by atoms with van der Waals surface area (Å²) < 4.78 is 0. The van der Waals surface area contributed by atoms with Crippen LogP contribution in [0.25, 0.3) is 0 Å². The highest BCUT2D eigenvalue weighted by atomic mass is 35.5. The highest BCUT2D eigenvalue weighted by Crippen LogP contribution is 2.40. The van der Waals surface area contributed by atoms with E-state index < -0.39 is 5.41 Å². The molecule has 6 nitrogen and oxygen atoms in total. The van der Waals surface area contributed by atoms with Gasteiger partial charge in [0.1, 0.15) is 0 Å². The lowest BCUT2D eigenvalue weighted by Gasteiger charge is -2.45. The Morgan fingerprint density at radius 3 is 2.33 bits per heavy atom. The monoisotopic (exact) mass is 517 g/mol. The Labute approximate surface area is 221 Å². The first-order valence-electron chi connectivity index (χ1n) is 13.6. The van der Waals surface area contributed by atoms with Crippen molar-refractivity contribution < 1.29 is 14.7 Å². The molecular weight excluding hydrogens is 474 g/mol. The van der Waals surface area contributed by atoms with Crippen LogP contribution in [0.2, 0.25) is 5.02 Å². The predicted molar refractivity (Wildman–Crippen MR) is 144 cm³/mol. The van der Waals surface area contributed by atoms with Crippen LogP contribution in [-0.4, -0.2) is 71.1 Å². The summed E-state index contributed by atoms with van der Waals surface area (Å²) in [6.45, 7) is 12.3. The second-order valence-corrected chi connectivity index (χ2v) is 13.4. The molecule has 1 saturated carbocycles. The van der Waals surface area contributed by atoms with E-state index in [0.717, 1.165) is 37.8 Å². The lowest BCUT2D eigenvalue weighted by Crippen LogP contribution is -2.54. The molecule has 4 rings (SSSR count). The van der Waals surface area contributed by atoms with E-state index in [1.165, 1.54) is 0 Å². The molecule has 2 saturated heterocycles. The van der Waals surface area contributed by atoms with Crippen molar-refractivity contribution in [3.8, 4) is 0 Å². The van der Waals surface area contributed by atoms with Crippen molar-refractivity contribution in [2.45, 2.75) is 90.8 Å². The van der Waals surface area contributed by atoms with E-state index in [1.54, 1.807) is 0 Å². The minimum Gasteiger partial charge on any atom is -0.394 e. The quantitative estimate of drug-likeness (QED) is 0.605. The molecule has 1 unspecified atom stereocenters. The summed E-state index contributed by atoms with van der Waals surface area (Å²) >= 11 is 6.09. The zero-order chi connectivity index (χ0) is 26.3. The Hall–Kier alpha value is -1.63. The van der Waals surface area contributed by atoms with Crippen molar-refractivity contribution >= 4 is 23.4 Å². The largest absolute Gasteiger partial charge is 0.394 e. The van der Waals surface area contributed by atoms with E-state index in [-0.39, 0.29) is 48.4 Å². The zero-order valence-corrected chi connectivity index (χ0v) is 23.4. The second-order valence-electron chi connectivity index (χ2n) is 13.0. The third kappa shape index (κ3) is 5.76. The first-order chi connectivity index (χ1) is 16.9. The number of amides is 2. The highest BCUT2D eigenvalue weighted by molar-refractivity contribution is 6.30. The lowest BCUT2D eigenvalue weighted by atomic mass is 9.74. The maximum absolute atomic E-state index is 13.9. The molecule has 200 valence electrons. The summed E-state index contributed by atoms with van der Waals surface area (Å²) in [4.78, 5) is 31.6. The van der Waals surface area contributed by atoms with E-state index in [4.69, 9.17) is 11.6 Å². The number of benzene rings is 1. The highest BCUT2D eigenvalue weighted by Gasteiger charge is 2.47. The molecule has 0 bridgehead atoms. The van der Waals surface area contributed by atoms with Gasteiger partial charge in [0, 0.05) is 42.0 Å². The number of halogens is 1. The van der Waals surface area contributed by atoms with Crippen LogP contribution in [0.1, 0.15) is 78.2 Å². The van der Waals surface area contributed by atoms with E-state index in [0.29, 0.717) is 29.9 Å². The van der Waals surface area contributed by atoms with Gasteiger partial charge in [0.2, 0.25) is 11.8 Å². The Balaban J connectivity index is 1.55. The zero-order valence-electron chi connectivity index (χ0n) is 22.6. The Morgan fingerprint density at radius 2 is 1.75 bits per heavy atom. The molecule has 2 amide bonds. The summed E-state index contributed by atoms with van der Waals surface area (Å²) in [5, 5.41) is 14.4. The number of nitrogens with one attached hydrogen (secondary N) is 1. The standard InChI is InChI=1S/C29H44ClN3O3/c1-28(2,3)27(36)33(21-10-12-29(4,5)13-11-21)22-14-23(18-34)32(17-22)26(35)25-16-31-15-24(25)19-6-8-20(30)9-7-19/h6-9,21-25,31,34H,10-18H2,1-5H3/t22-,23?,24-,25+/m0/s1. The third-order valence-electron chi connectivity index (χ3n) is 8.69. The number of nitrogens with zero attached hydrogens (tertiary/aromatic N) is 2. The van der Waals surface area contributed by atoms with Crippen molar-refractivity contribution in [1.29, 1.82) is 0 Å². The van der Waals surface area contributed by atoms with Crippen LogP contribution in [0.4, 0.5) is 0 Å². The van der Waals surface area contributed by atoms with Crippen molar-refractivity contribution in [2.75, 3.05) is 26.2 Å². The summed E-state index contributed by atoms with van der Waals surface area (Å²) in [5.74, 6) is 0.112. The summed E-state index contributed by atoms with van der Waals surface area (Å²) in [7, 11) is 0. The average molecular weight is 518 g/mol. The van der Waals surface area contributed by atoms with E-state index in [2.05, 4.69) is 24.1 Å². The SMILES string of the molecule is CC1(C)CCC(N(C(=O)C(C)(C)C)[C@H]2CC(CO)N(C(=O)[C@@H]3CNC[C@H]3c3ccc(Cl)cc3)C2)CC1. The summed E-state index contributed by atoms with van der Waals surface area (Å²) in [6, 6.07) is 7.63. The summed E-state index contributed by atoms with van der Waals surface area (Å²) in [6.07, 6.45) is 4.82. The van der Waals surface area contributed by atoms with Crippen LogP contribution in [0.15, 0.2) is 24.3 Å². The molecule has 0 aromatic heterocycles. The minimum atomic E-state index is -0.492. The molecule has 3 fully saturated rings. The fourth-order valence-corrected chi connectivity index (χ4v) is 6.55. The molecule has 1 aromatic rings. The second kappa shape index (κ2) is 10.6. The van der Waals surface area contributed by atoms with E-state index in [9.17, 15) is 14.7 Å². The van der Waals surface area contributed by atoms with Crippen LogP contribution in [0, 0.1) is 16.7 Å². The van der Waals surface area contributed by atoms with Gasteiger partial charge >= 0.3 is 0 Å². The molecule has 1 aromatic carbocycles. The van der Waals surface area contributed by atoms with Gasteiger partial charge in [-0.25, -0.2) is 0 Å². The van der Waals surface area contributed by atoms with E-state index in [1.807, 2.05) is 49.9 Å². The van der Waals surface area contributed by atoms with Crippen LogP contribution in [0.5, 0.6) is 0 Å². The van der Waals surface area contributed by atoms with Gasteiger partial charge in [-0.15, -0.1) is 0 Å². The van der Waals surface area contributed by atoms with Gasteiger partial charge in [-0.2, -0.15) is 0 Å². The smallest absolute Gasteiger partial charge is 0.228 e. The molecular formula is C29H44ClN3O3. The molecule has 0 spiro atoms. The molecule has 0 radical (unpaired) electrons. The number of carbonyl (C=O) groups is 2. The van der Waals surface area contributed by atoms with Crippen molar-refractivity contribution in [3.63, 3.8) is 0 Å². The molecule has 2 heterocycles. The van der Waals surface area contributed by atoms with Crippen molar-refractivity contribution in [2.24, 2.45) is 16.7 Å². The van der Waals surface area contributed by atoms with E-state index >= 15 is 0 Å². The summed E-state index contributed by atoms with van der Waals surface area (Å²) in [5.41, 5.74) is 0.923. The number of likely N-dealkylation sites (tertiary alicyclic amines) is 1. The van der Waals surface area contributed by atoms with Crippen LogP contribution in [0.3, 0.4) is 0 Å². The molecule has 36 heavy (non-hydrogen) atoms. The van der Waals surface area contributed by atoms with Gasteiger partial charge in [0.25, 0.3) is 0 Å². The van der Waals surface area contributed by atoms with Gasteiger partial charge < -0.3 is 20.2 Å². The first kappa shape index (κ1) is 27.4. The molecule has 7 heteroatoms. The first-order valence-corrected chi connectivity index (χ1v) is 14.0. The van der Waals surface area contributed by atoms with Crippen LogP contribution >= 0.6 is 11.6 Å². The Kier molecular flexibility index (Phi) is 8.09. The average Bonchev–Trinajstić information content (AvgIpc) is 3.47. The Morgan fingerprint density at radius 1 is 1.11 bits per heavy atom. The lowest BCUT2D eigenvalue weighted by molar-refractivity contribution is -0.147. The molecule has 3 aliphatic rings. The van der Waals surface area contributed by atoms with Gasteiger partial charge in [0.05, 0.1) is 24.6 Å². The fraction of sp³-hybridized carbons (Fsp3) is 0.724. The Bertz CT molecular complexity index is 932. The fourth-order valence-electron chi connectivity index (χ4n) is 6.43. The molecule has 2 N–H and O–H groups in total. The number of aliphatic hydroxyl groups excluding tert-OH is 1. The number of carbonyl (C=O) groups excluding carboxylic acids is 2. The number of rotatable bonds is 5. The minimum absolute atomic E-state index is 0.0626. The molecule has 2 aliphatic heterocycles. The van der Waals surface area contributed by atoms with Gasteiger partial charge in [-0.1, -0.05) is 58.4 Å². The normalized spacial score (nSPS) is 28.9. The number of hydrogen-bond acceptors (Lipinski definition) is 4. The number of aliphatic hydroxyl groups is 1. The third-order valence-corrected chi connectivity index (χ3v) is 8.94. The molecule has 1 aliphatic carbocycles. The maximum Gasteiger partial charge on any atom is 0.228 e. The van der Waals surface area contributed by atoms with Crippen LogP contribution in [-0.2, 0) is 9.59 Å². The van der Waals surface area contributed by atoms with Gasteiger partial charge in [0.15, 0.2) is 0 Å². The maximum atomic E-state index is 13.9. The molecule has 4 atom stereocenters. The van der Waals surface area contributed by atoms with Crippen molar-refractivity contribution in [3.05, 3.63) is 34.9 Å². The van der Waals surface area contributed by atoms with Crippen LogP contribution < -0.4 is 5.32 Å². The van der Waals surface area contributed by atoms with Gasteiger partial charge in [-0.3, -0.25) is 9.59 Å². The van der Waals surface area contributed by atoms with Crippen molar-refractivity contribution in [1.82, 2.24) is 15.1 Å². The predicted octanol–water partition coefficient (Wildman–Crippen LogP) is 4.45. The topological polar surface area (TPSA) is 72.9 Å². The van der Waals surface area contributed by atoms with Gasteiger partial charge in [-0.05, 0) is 55.2 Å². The number of hydrogen-bond donors (Lipinski definition) is 2.